The van der Waals surface area contributed by atoms with Crippen molar-refractivity contribution in [1.82, 2.24) is 0 Å². The van der Waals surface area contributed by atoms with Crippen molar-refractivity contribution in [1.29, 1.82) is 0 Å². The quantitative estimate of drug-likeness (QED) is 0.731. The summed E-state index contributed by atoms with van der Waals surface area (Å²) < 4.78 is 6.38. The molecule has 0 heterocycles. The highest BCUT2D eigenvalue weighted by Crippen LogP contribution is 2.16. The minimum atomic E-state index is -1.71. The highest BCUT2D eigenvalue weighted by molar-refractivity contribution is 6.93. The Kier molecular flexibility index (Phi) is 3.92. The molecule has 0 aliphatic rings. The van der Waals surface area contributed by atoms with Crippen LogP contribution in [-0.2, 0) is 4.12 Å². The van der Waals surface area contributed by atoms with Gasteiger partial charge in [-0.1, -0.05) is 37.3 Å². The second-order valence-electron chi connectivity index (χ2n) is 4.87. The molecular weight excluding hydrogens is 216 g/mol. The summed E-state index contributed by atoms with van der Waals surface area (Å²) >= 11 is 0. The second kappa shape index (κ2) is 4.64. The van der Waals surface area contributed by atoms with Gasteiger partial charge in [-0.25, -0.2) is 0 Å². The van der Waals surface area contributed by atoms with E-state index >= 15 is 0 Å². The molecular formula is C12H21OSi2. The van der Waals surface area contributed by atoms with E-state index in [2.05, 4.69) is 69.5 Å². The third-order valence-corrected chi connectivity index (χ3v) is 9.94. The Bertz CT molecular complexity index is 307. The van der Waals surface area contributed by atoms with Crippen molar-refractivity contribution in [3.63, 3.8) is 0 Å². The zero-order valence-corrected chi connectivity index (χ0v) is 12.4. The van der Waals surface area contributed by atoms with Gasteiger partial charge >= 0.3 is 0 Å². The Labute approximate surface area is 95.7 Å². The largest absolute Gasteiger partial charge is 0.452 e. The topological polar surface area (TPSA) is 9.23 Å². The van der Waals surface area contributed by atoms with Crippen LogP contribution in [0, 0.1) is 6.04 Å². The molecule has 0 aromatic heterocycles. The lowest BCUT2D eigenvalue weighted by Gasteiger charge is -2.33. The first-order valence-corrected chi connectivity index (χ1v) is 11.3. The average molecular weight is 237 g/mol. The van der Waals surface area contributed by atoms with Crippen LogP contribution in [0.1, 0.15) is 6.92 Å². The molecule has 1 aromatic rings. The molecule has 0 aliphatic heterocycles. The van der Waals surface area contributed by atoms with Crippen LogP contribution >= 0.6 is 0 Å². The molecule has 0 unspecified atom stereocenters. The number of hydrogen-bond donors (Lipinski definition) is 0. The monoisotopic (exact) mass is 237 g/mol. The fourth-order valence-electron chi connectivity index (χ4n) is 1.62. The Morgan fingerprint density at radius 1 is 1.00 bits per heavy atom. The predicted molar refractivity (Wildman–Crippen MR) is 72.1 cm³/mol. The summed E-state index contributed by atoms with van der Waals surface area (Å²) in [5.74, 6) is 0. The Morgan fingerprint density at radius 3 is 2.00 bits per heavy atom. The Hall–Kier alpha value is -0.386. The average Bonchev–Trinajstić information content (AvgIpc) is 2.18. The highest BCUT2D eigenvalue weighted by atomic mass is 28.4. The molecule has 0 aliphatic carbocycles. The van der Waals surface area contributed by atoms with Crippen LogP contribution in [0.15, 0.2) is 30.3 Å². The minimum Gasteiger partial charge on any atom is -0.452 e. The Morgan fingerprint density at radius 2 is 1.53 bits per heavy atom. The smallest absolute Gasteiger partial charge is 0.205 e. The van der Waals surface area contributed by atoms with Crippen LogP contribution < -0.4 is 5.19 Å². The summed E-state index contributed by atoms with van der Waals surface area (Å²) in [5, 5.41) is 1.38. The summed E-state index contributed by atoms with van der Waals surface area (Å²) in [7, 11) is -3.26. The minimum absolute atomic E-state index is 1.38. The van der Waals surface area contributed by atoms with E-state index < -0.39 is 16.6 Å². The summed E-state index contributed by atoms with van der Waals surface area (Å²) in [6, 6.07) is 12.9. The van der Waals surface area contributed by atoms with E-state index in [0.717, 1.165) is 0 Å². The van der Waals surface area contributed by atoms with Gasteiger partial charge in [-0.3, -0.25) is 0 Å². The molecule has 1 nitrogen and oxygen atoms in total. The van der Waals surface area contributed by atoms with Crippen molar-refractivity contribution in [2.45, 2.75) is 33.1 Å². The van der Waals surface area contributed by atoms with Crippen molar-refractivity contribution >= 4 is 21.8 Å². The number of benzene rings is 1. The lowest BCUT2D eigenvalue weighted by atomic mass is 10.4. The zero-order valence-electron chi connectivity index (χ0n) is 10.4. The molecule has 0 atom stereocenters. The molecule has 15 heavy (non-hydrogen) atoms. The van der Waals surface area contributed by atoms with Gasteiger partial charge in [0.25, 0.3) is 0 Å². The van der Waals surface area contributed by atoms with Crippen molar-refractivity contribution in [3.8, 4) is 0 Å². The van der Waals surface area contributed by atoms with E-state index in [1.165, 1.54) is 5.19 Å². The molecule has 0 saturated heterocycles. The fraction of sp³-hybridized carbons (Fsp3) is 0.417. The maximum atomic E-state index is 6.38. The van der Waals surface area contributed by atoms with E-state index in [9.17, 15) is 0 Å². The molecule has 1 rings (SSSR count). The molecule has 0 fully saturated rings. The Balaban J connectivity index is 2.85. The molecule has 83 valence electrons. The molecule has 3 heteroatoms. The maximum Gasteiger partial charge on any atom is 0.205 e. The first kappa shape index (κ1) is 12.7. The summed E-state index contributed by atoms with van der Waals surface area (Å²) in [4.78, 5) is 0. The third-order valence-electron chi connectivity index (χ3n) is 2.68. The van der Waals surface area contributed by atoms with Gasteiger partial charge in [-0.05, 0) is 37.4 Å². The van der Waals surface area contributed by atoms with Crippen LogP contribution in [0.5, 0.6) is 0 Å². The normalized spacial score (nSPS) is 12.9. The second-order valence-corrected chi connectivity index (χ2v) is 13.1. The van der Waals surface area contributed by atoms with Crippen molar-refractivity contribution in [2.24, 2.45) is 0 Å². The number of rotatable bonds is 4. The van der Waals surface area contributed by atoms with Gasteiger partial charge in [0.15, 0.2) is 8.32 Å². The fourth-order valence-corrected chi connectivity index (χ4v) is 8.81. The van der Waals surface area contributed by atoms with Gasteiger partial charge in [-0.2, -0.15) is 0 Å². The van der Waals surface area contributed by atoms with Crippen LogP contribution in [0.2, 0.25) is 26.2 Å². The standard InChI is InChI=1S/C12H21OSi2/c1-6-14(2,3)13-15(4,5)12-10-8-7-9-11-12/h6-11H,1-5H3. The van der Waals surface area contributed by atoms with Crippen molar-refractivity contribution < 1.29 is 4.12 Å². The van der Waals surface area contributed by atoms with Gasteiger partial charge in [0, 0.05) is 0 Å². The molecule has 1 radical (unpaired) electrons. The summed E-state index contributed by atoms with van der Waals surface area (Å²) in [6.45, 7) is 11.2. The lowest BCUT2D eigenvalue weighted by Crippen LogP contribution is -2.52. The van der Waals surface area contributed by atoms with Gasteiger partial charge in [0.2, 0.25) is 8.32 Å². The third kappa shape index (κ3) is 3.59. The van der Waals surface area contributed by atoms with Crippen LogP contribution in [0.25, 0.3) is 0 Å². The van der Waals surface area contributed by atoms with E-state index in [-0.39, 0.29) is 0 Å². The molecule has 0 bridgehead atoms. The summed E-state index contributed by atoms with van der Waals surface area (Å²) in [5.41, 5.74) is 0. The van der Waals surface area contributed by atoms with E-state index in [1.54, 1.807) is 0 Å². The first-order valence-electron chi connectivity index (χ1n) is 5.43. The predicted octanol–water partition coefficient (Wildman–Crippen LogP) is 3.08. The van der Waals surface area contributed by atoms with Gasteiger partial charge in [0.05, 0.1) is 0 Å². The SMILES string of the molecule is C[CH][Si](C)(C)O[Si](C)(C)c1ccccc1. The maximum absolute atomic E-state index is 6.38. The summed E-state index contributed by atoms with van der Waals surface area (Å²) in [6.07, 6.45) is 0. The van der Waals surface area contributed by atoms with Crippen LogP contribution in [0.3, 0.4) is 0 Å². The highest BCUT2D eigenvalue weighted by Gasteiger charge is 2.33. The molecule has 0 saturated carbocycles. The molecule has 0 spiro atoms. The van der Waals surface area contributed by atoms with Crippen LogP contribution in [0.4, 0.5) is 0 Å². The zero-order chi connectivity index (χ0) is 11.5. The molecule has 0 amide bonds. The van der Waals surface area contributed by atoms with E-state index in [0.29, 0.717) is 0 Å². The molecule has 1 aromatic carbocycles. The van der Waals surface area contributed by atoms with Gasteiger partial charge in [-0.15, -0.1) is 0 Å². The van der Waals surface area contributed by atoms with Gasteiger partial charge < -0.3 is 4.12 Å². The van der Waals surface area contributed by atoms with Crippen LogP contribution in [-0.4, -0.2) is 16.6 Å². The van der Waals surface area contributed by atoms with E-state index in [4.69, 9.17) is 4.12 Å². The van der Waals surface area contributed by atoms with Crippen molar-refractivity contribution in [2.75, 3.05) is 0 Å². The van der Waals surface area contributed by atoms with Gasteiger partial charge in [0.1, 0.15) is 0 Å². The van der Waals surface area contributed by atoms with Crippen molar-refractivity contribution in [3.05, 3.63) is 36.4 Å². The molecule has 0 N–H and O–H groups in total. The first-order chi connectivity index (χ1) is 6.87. The van der Waals surface area contributed by atoms with E-state index in [1.807, 2.05) is 0 Å². The number of hydrogen-bond acceptors (Lipinski definition) is 1. The lowest BCUT2D eigenvalue weighted by molar-refractivity contribution is 0.566.